The average Bonchev–Trinajstić information content (AvgIpc) is 3.50. The number of aromatic carboxylic acids is 1. The number of carbonyl (C=O) groups is 1. The molecule has 0 radical (unpaired) electrons. The van der Waals surface area contributed by atoms with E-state index in [0.717, 1.165) is 30.5 Å². The number of H-pyrrole nitrogens is 1. The molecular formula is C27H31ClN6O2. The molecule has 1 atom stereocenters. The minimum Gasteiger partial charge on any atom is -0.477 e. The Bertz CT molecular complexity index is 1350. The summed E-state index contributed by atoms with van der Waals surface area (Å²) in [7, 11) is 0. The van der Waals surface area contributed by atoms with Crippen LogP contribution in [-0.2, 0) is 0 Å². The van der Waals surface area contributed by atoms with Gasteiger partial charge in [0.15, 0.2) is 5.82 Å². The first-order chi connectivity index (χ1) is 17.4. The van der Waals surface area contributed by atoms with Crippen LogP contribution in [-0.4, -0.2) is 42.8 Å². The van der Waals surface area contributed by atoms with Crippen molar-refractivity contribution in [2.75, 3.05) is 6.54 Å². The number of aromatic nitrogens is 5. The predicted octanol–water partition coefficient (Wildman–Crippen LogP) is 5.88. The number of fused-ring (bicyclic) bond motifs is 1. The molecule has 1 fully saturated rings. The first kappa shape index (κ1) is 24.5. The molecule has 4 aromatic rings. The molecule has 1 aliphatic carbocycles. The van der Waals surface area contributed by atoms with Gasteiger partial charge in [0.2, 0.25) is 0 Å². The summed E-state index contributed by atoms with van der Waals surface area (Å²) in [6.07, 6.45) is 6.05. The number of hydrogen-bond acceptors (Lipinski definition) is 5. The van der Waals surface area contributed by atoms with Crippen LogP contribution < -0.4 is 5.32 Å². The van der Waals surface area contributed by atoms with Gasteiger partial charge in [0.05, 0.1) is 11.7 Å². The molecule has 5 rings (SSSR count). The van der Waals surface area contributed by atoms with Crippen LogP contribution in [0.1, 0.15) is 85.4 Å². The van der Waals surface area contributed by atoms with E-state index in [-0.39, 0.29) is 5.69 Å². The fraction of sp³-hybridized carbons (Fsp3) is 0.407. The first-order valence-electron chi connectivity index (χ1n) is 12.6. The molecule has 0 aliphatic heterocycles. The highest BCUT2D eigenvalue weighted by Gasteiger charge is 2.31. The maximum absolute atomic E-state index is 12.4. The van der Waals surface area contributed by atoms with E-state index in [9.17, 15) is 9.90 Å². The lowest BCUT2D eigenvalue weighted by Crippen LogP contribution is -2.32. The fourth-order valence-electron chi connectivity index (χ4n) is 5.22. The highest BCUT2D eigenvalue weighted by atomic mass is 35.5. The van der Waals surface area contributed by atoms with E-state index in [1.165, 1.54) is 24.8 Å². The van der Waals surface area contributed by atoms with E-state index in [2.05, 4.69) is 51.8 Å². The van der Waals surface area contributed by atoms with E-state index >= 15 is 0 Å². The minimum atomic E-state index is -1.04. The van der Waals surface area contributed by atoms with Crippen LogP contribution in [0.15, 0.2) is 42.5 Å². The molecule has 1 unspecified atom stereocenters. The van der Waals surface area contributed by atoms with Crippen molar-refractivity contribution in [3.63, 3.8) is 0 Å². The molecule has 2 aromatic heterocycles. The summed E-state index contributed by atoms with van der Waals surface area (Å²) < 4.78 is 1.70. The number of rotatable bonds is 8. The smallest absolute Gasteiger partial charge is 0.352 e. The lowest BCUT2D eigenvalue weighted by Gasteiger charge is -2.25. The van der Waals surface area contributed by atoms with E-state index in [4.69, 9.17) is 11.6 Å². The third-order valence-electron chi connectivity index (χ3n) is 7.19. The Labute approximate surface area is 215 Å². The number of carboxylic acid groups (broad SMARTS) is 1. The lowest BCUT2D eigenvalue weighted by molar-refractivity contribution is 0.0689. The molecule has 0 bridgehead atoms. The van der Waals surface area contributed by atoms with Crippen LogP contribution in [0.5, 0.6) is 0 Å². The number of halogens is 1. The van der Waals surface area contributed by atoms with Crippen molar-refractivity contribution >= 4 is 28.5 Å². The van der Waals surface area contributed by atoms with E-state index in [0.29, 0.717) is 33.8 Å². The Balaban J connectivity index is 1.61. The largest absolute Gasteiger partial charge is 0.477 e. The first-order valence-corrected chi connectivity index (χ1v) is 13.0. The van der Waals surface area contributed by atoms with Crippen LogP contribution in [0.3, 0.4) is 0 Å². The molecule has 2 heterocycles. The molecule has 1 saturated carbocycles. The molecule has 9 heteroatoms. The van der Waals surface area contributed by atoms with Crippen molar-refractivity contribution < 1.29 is 9.90 Å². The zero-order chi connectivity index (χ0) is 25.2. The number of aromatic amines is 1. The molecule has 188 valence electrons. The fourth-order valence-corrected chi connectivity index (χ4v) is 5.39. The van der Waals surface area contributed by atoms with Gasteiger partial charge in [-0.1, -0.05) is 62.9 Å². The number of carboxylic acids is 1. The Hall–Kier alpha value is -3.23. The quantitative estimate of drug-likeness (QED) is 0.275. The molecule has 0 spiro atoms. The van der Waals surface area contributed by atoms with Gasteiger partial charge in [-0.25, -0.2) is 4.79 Å². The molecule has 0 saturated heterocycles. The maximum Gasteiger partial charge on any atom is 0.352 e. The van der Waals surface area contributed by atoms with Crippen molar-refractivity contribution in [2.45, 2.75) is 57.9 Å². The number of benzene rings is 2. The van der Waals surface area contributed by atoms with Gasteiger partial charge in [0.1, 0.15) is 5.69 Å². The van der Waals surface area contributed by atoms with Crippen LogP contribution in [0, 0.1) is 5.92 Å². The average molecular weight is 507 g/mol. The van der Waals surface area contributed by atoms with Crippen molar-refractivity contribution in [1.29, 1.82) is 0 Å². The Morgan fingerprint density at radius 3 is 2.61 bits per heavy atom. The van der Waals surface area contributed by atoms with E-state index in [1.54, 1.807) is 16.8 Å². The molecule has 36 heavy (non-hydrogen) atoms. The van der Waals surface area contributed by atoms with Gasteiger partial charge in [0.25, 0.3) is 0 Å². The zero-order valence-corrected chi connectivity index (χ0v) is 21.3. The Morgan fingerprint density at radius 2 is 1.92 bits per heavy atom. The summed E-state index contributed by atoms with van der Waals surface area (Å²) in [6.45, 7) is 5.06. The highest BCUT2D eigenvalue weighted by molar-refractivity contribution is 6.31. The van der Waals surface area contributed by atoms with Gasteiger partial charge < -0.3 is 15.4 Å². The summed E-state index contributed by atoms with van der Waals surface area (Å²) in [5.41, 5.74) is 3.43. The van der Waals surface area contributed by atoms with Gasteiger partial charge in [-0.05, 0) is 71.5 Å². The summed E-state index contributed by atoms with van der Waals surface area (Å²) in [5.74, 6) is 0.445. The standard InChI is InChI=1S/C27H31ClN6O2/c1-16(2)18-8-11-20(12-9-18)34-26(31-32-33-34)24(29-15-17-6-4-3-5-7-17)23-21-13-10-19(28)14-22(21)30-25(23)27(35)36/h8-14,16-17,24,29-30H,3-7,15H2,1-2H3,(H,35,36). The van der Waals surface area contributed by atoms with Crippen molar-refractivity contribution in [3.8, 4) is 5.69 Å². The molecule has 3 N–H and O–H groups in total. The summed E-state index contributed by atoms with van der Waals surface area (Å²) in [4.78, 5) is 15.4. The van der Waals surface area contributed by atoms with Gasteiger partial charge >= 0.3 is 5.97 Å². The number of nitrogens with zero attached hydrogens (tertiary/aromatic N) is 4. The highest BCUT2D eigenvalue weighted by Crippen LogP contribution is 2.34. The van der Waals surface area contributed by atoms with Crippen LogP contribution in [0.2, 0.25) is 5.02 Å². The normalized spacial score (nSPS) is 15.6. The van der Waals surface area contributed by atoms with Gasteiger partial charge in [-0.15, -0.1) is 5.10 Å². The SMILES string of the molecule is CC(C)c1ccc(-n2nnnc2C(NCC2CCCCC2)c2c(C(=O)O)[nH]c3cc(Cl)ccc23)cc1. The number of nitrogens with one attached hydrogen (secondary N) is 2. The van der Waals surface area contributed by atoms with Crippen molar-refractivity contribution in [1.82, 2.24) is 30.5 Å². The second-order valence-corrected chi connectivity index (χ2v) is 10.4. The van der Waals surface area contributed by atoms with Crippen molar-refractivity contribution in [2.24, 2.45) is 5.92 Å². The summed E-state index contributed by atoms with van der Waals surface area (Å²) >= 11 is 6.22. The van der Waals surface area contributed by atoms with Gasteiger partial charge in [-0.3, -0.25) is 0 Å². The second-order valence-electron chi connectivity index (χ2n) is 9.95. The zero-order valence-electron chi connectivity index (χ0n) is 20.5. The molecular weight excluding hydrogens is 476 g/mol. The Morgan fingerprint density at radius 1 is 1.17 bits per heavy atom. The van der Waals surface area contributed by atoms with Crippen LogP contribution in [0.4, 0.5) is 0 Å². The van der Waals surface area contributed by atoms with Crippen LogP contribution >= 0.6 is 11.6 Å². The van der Waals surface area contributed by atoms with Gasteiger partial charge in [-0.2, -0.15) is 4.68 Å². The molecule has 1 aliphatic rings. The molecule has 8 nitrogen and oxygen atoms in total. The van der Waals surface area contributed by atoms with Crippen LogP contribution in [0.25, 0.3) is 16.6 Å². The third-order valence-corrected chi connectivity index (χ3v) is 7.43. The second kappa shape index (κ2) is 10.4. The maximum atomic E-state index is 12.4. The topological polar surface area (TPSA) is 109 Å². The predicted molar refractivity (Wildman–Crippen MR) is 140 cm³/mol. The molecule has 2 aromatic carbocycles. The Kier molecular flexibility index (Phi) is 7.07. The monoisotopic (exact) mass is 506 g/mol. The molecule has 0 amide bonds. The van der Waals surface area contributed by atoms with Gasteiger partial charge in [0, 0.05) is 21.5 Å². The van der Waals surface area contributed by atoms with Crippen molar-refractivity contribution in [3.05, 3.63) is 70.1 Å². The number of tetrazole rings is 1. The summed E-state index contributed by atoms with van der Waals surface area (Å²) in [6, 6.07) is 13.0. The lowest BCUT2D eigenvalue weighted by atomic mass is 9.89. The van der Waals surface area contributed by atoms with E-state index in [1.807, 2.05) is 18.2 Å². The minimum absolute atomic E-state index is 0.109. The summed E-state index contributed by atoms with van der Waals surface area (Å²) in [5, 5.41) is 27.8. The van der Waals surface area contributed by atoms with E-state index < -0.39 is 12.0 Å². The number of hydrogen-bond donors (Lipinski definition) is 3. The third kappa shape index (κ3) is 4.88.